The minimum atomic E-state index is -0.774. The molecule has 0 atom stereocenters. The Kier molecular flexibility index (Phi) is 9.23. The number of aromatic amines is 1. The highest BCUT2D eigenvalue weighted by Crippen LogP contribution is 2.39. The number of piperidine rings is 1. The van der Waals surface area contributed by atoms with Crippen LogP contribution in [0.15, 0.2) is 53.6 Å². The molecule has 1 aliphatic rings. The lowest BCUT2D eigenvalue weighted by Gasteiger charge is -2.32. The van der Waals surface area contributed by atoms with Crippen LogP contribution in [0.4, 0.5) is 23.1 Å². The van der Waals surface area contributed by atoms with Crippen molar-refractivity contribution in [3.05, 3.63) is 59.8 Å². The number of rotatable bonds is 11. The number of carboxylic acids is 1. The van der Waals surface area contributed by atoms with Crippen molar-refractivity contribution in [3.8, 4) is 5.75 Å². The highest BCUT2D eigenvalue weighted by atomic mass is 32.2. The van der Waals surface area contributed by atoms with Gasteiger partial charge in [0.2, 0.25) is 5.95 Å². The first-order valence-electron chi connectivity index (χ1n) is 14.6. The van der Waals surface area contributed by atoms with Crippen molar-refractivity contribution in [2.24, 2.45) is 0 Å². The van der Waals surface area contributed by atoms with Gasteiger partial charge in [-0.2, -0.15) is 9.97 Å². The number of hydrogen-bond acceptors (Lipinski definition) is 8. The van der Waals surface area contributed by atoms with E-state index in [0.29, 0.717) is 22.9 Å². The molecule has 1 aliphatic heterocycles. The second-order valence-electron chi connectivity index (χ2n) is 11.4. The summed E-state index contributed by atoms with van der Waals surface area (Å²) >= 11 is 1.81. The third-order valence-corrected chi connectivity index (χ3v) is 8.36. The molecular weight excluding hydrogens is 548 g/mol. The lowest BCUT2D eigenvalue weighted by Crippen LogP contribution is -2.36. The van der Waals surface area contributed by atoms with Crippen molar-refractivity contribution in [2.75, 3.05) is 30.3 Å². The molecule has 0 aliphatic carbocycles. The van der Waals surface area contributed by atoms with E-state index in [1.165, 1.54) is 5.56 Å². The van der Waals surface area contributed by atoms with Crippen molar-refractivity contribution in [2.45, 2.75) is 69.6 Å². The van der Waals surface area contributed by atoms with Crippen LogP contribution in [0.3, 0.4) is 0 Å². The molecule has 2 aromatic carbocycles. The Balaban J connectivity index is 1.44. The Hall–Kier alpha value is -3.76. The monoisotopic (exact) mass is 588 g/mol. The van der Waals surface area contributed by atoms with E-state index in [2.05, 4.69) is 66.7 Å². The molecule has 0 saturated carbocycles. The number of aromatic nitrogens is 3. The number of nitrogens with one attached hydrogen (secondary N) is 3. The number of aryl methyl sites for hydroxylation is 1. The van der Waals surface area contributed by atoms with E-state index in [1.54, 1.807) is 0 Å². The first-order valence-corrected chi connectivity index (χ1v) is 15.4. The number of aliphatic carboxylic acids is 1. The summed E-state index contributed by atoms with van der Waals surface area (Å²) in [5, 5.41) is 17.5. The fourth-order valence-electron chi connectivity index (χ4n) is 5.45. The van der Waals surface area contributed by atoms with Gasteiger partial charge >= 0.3 is 5.97 Å². The van der Waals surface area contributed by atoms with E-state index in [-0.39, 0.29) is 12.6 Å². The standard InChI is InChI=1S/C32H40N6O3S/c1-19(2)41-27-17-24(22-11-14-38(15-12-22)18-29(39)40)21(5)16-26(27)35-32-36-30-23(10-13-33-30)31(37-32)34-25-8-6-7-9-28(25)42-20(3)4/h6-10,13,16-17,19-20,22H,11-12,14-15,18H2,1-5H3,(H,39,40)(H3,33,34,35,36,37). The van der Waals surface area contributed by atoms with Gasteiger partial charge in [-0.3, -0.25) is 9.69 Å². The van der Waals surface area contributed by atoms with Crippen LogP contribution in [-0.2, 0) is 4.79 Å². The summed E-state index contributed by atoms with van der Waals surface area (Å²) in [5.74, 6) is 1.51. The normalized spacial score (nSPS) is 14.5. The van der Waals surface area contributed by atoms with Crippen molar-refractivity contribution < 1.29 is 14.6 Å². The summed E-state index contributed by atoms with van der Waals surface area (Å²) in [4.78, 5) is 27.2. The van der Waals surface area contributed by atoms with Gasteiger partial charge in [0.1, 0.15) is 17.2 Å². The molecule has 1 saturated heterocycles. The highest BCUT2D eigenvalue weighted by molar-refractivity contribution is 8.00. The van der Waals surface area contributed by atoms with Gasteiger partial charge in [-0.1, -0.05) is 26.0 Å². The van der Waals surface area contributed by atoms with Crippen LogP contribution in [0.2, 0.25) is 0 Å². The second-order valence-corrected chi connectivity index (χ2v) is 13.0. The molecule has 2 aromatic heterocycles. The third kappa shape index (κ3) is 7.17. The Morgan fingerprint density at radius 2 is 1.86 bits per heavy atom. The highest BCUT2D eigenvalue weighted by Gasteiger charge is 2.25. The van der Waals surface area contributed by atoms with Gasteiger partial charge in [0, 0.05) is 16.3 Å². The average molecular weight is 589 g/mol. The molecule has 1 fully saturated rings. The van der Waals surface area contributed by atoms with Gasteiger partial charge < -0.3 is 25.5 Å². The number of carboxylic acid groups (broad SMARTS) is 1. The summed E-state index contributed by atoms with van der Waals surface area (Å²) in [6, 6.07) is 14.5. The number of para-hydroxylation sites is 1. The first kappa shape index (κ1) is 29.7. The molecular formula is C32H40N6O3S. The van der Waals surface area contributed by atoms with Crippen LogP contribution < -0.4 is 15.4 Å². The van der Waals surface area contributed by atoms with Crippen LogP contribution in [0.5, 0.6) is 5.75 Å². The average Bonchev–Trinajstić information content (AvgIpc) is 3.40. The van der Waals surface area contributed by atoms with Gasteiger partial charge in [0.15, 0.2) is 0 Å². The van der Waals surface area contributed by atoms with Crippen molar-refractivity contribution in [1.29, 1.82) is 0 Å². The molecule has 0 spiro atoms. The number of benzene rings is 2. The van der Waals surface area contributed by atoms with Gasteiger partial charge in [0.25, 0.3) is 0 Å². The number of ether oxygens (including phenoxy) is 1. The number of likely N-dealkylation sites (tertiary alicyclic amines) is 1. The number of H-pyrrole nitrogens is 1. The molecule has 4 N–H and O–H groups in total. The minimum absolute atomic E-state index is 0.0162. The van der Waals surface area contributed by atoms with Crippen LogP contribution in [0.1, 0.15) is 57.6 Å². The van der Waals surface area contributed by atoms with E-state index >= 15 is 0 Å². The Morgan fingerprint density at radius 3 is 2.57 bits per heavy atom. The predicted molar refractivity (Wildman–Crippen MR) is 171 cm³/mol. The minimum Gasteiger partial charge on any atom is -0.489 e. The zero-order chi connectivity index (χ0) is 29.8. The molecule has 0 unspecified atom stereocenters. The van der Waals surface area contributed by atoms with Gasteiger partial charge in [-0.15, -0.1) is 11.8 Å². The summed E-state index contributed by atoms with van der Waals surface area (Å²) in [7, 11) is 0. The maximum absolute atomic E-state index is 11.1. The summed E-state index contributed by atoms with van der Waals surface area (Å²) in [6.07, 6.45) is 3.69. The first-order chi connectivity index (χ1) is 20.2. The second kappa shape index (κ2) is 13.0. The zero-order valence-electron chi connectivity index (χ0n) is 24.9. The van der Waals surface area contributed by atoms with Crippen molar-refractivity contribution in [1.82, 2.24) is 19.9 Å². The molecule has 5 rings (SSSR count). The molecule has 0 radical (unpaired) electrons. The number of carbonyl (C=O) groups is 1. The lowest BCUT2D eigenvalue weighted by molar-refractivity contribution is -0.138. The fourth-order valence-corrected chi connectivity index (χ4v) is 6.36. The van der Waals surface area contributed by atoms with Crippen LogP contribution in [-0.4, -0.2) is 61.9 Å². The SMILES string of the molecule is Cc1cc(Nc2nc(Nc3ccccc3SC(C)C)c3cc[nH]c3n2)c(OC(C)C)cc1C1CCN(CC(=O)O)CC1. The predicted octanol–water partition coefficient (Wildman–Crippen LogP) is 7.31. The lowest BCUT2D eigenvalue weighted by atomic mass is 9.86. The Bertz CT molecular complexity index is 1540. The van der Waals surface area contributed by atoms with Crippen LogP contribution in [0.25, 0.3) is 11.0 Å². The maximum atomic E-state index is 11.1. The Morgan fingerprint density at radius 1 is 1.10 bits per heavy atom. The molecule has 9 nitrogen and oxygen atoms in total. The Labute approximate surface area is 251 Å². The summed E-state index contributed by atoms with van der Waals surface area (Å²) in [6.45, 7) is 12.2. The largest absolute Gasteiger partial charge is 0.489 e. The van der Waals surface area contributed by atoms with E-state index in [4.69, 9.17) is 19.8 Å². The van der Waals surface area contributed by atoms with E-state index in [0.717, 1.165) is 64.5 Å². The number of anilines is 4. The molecule has 0 amide bonds. The topological polar surface area (TPSA) is 115 Å². The van der Waals surface area contributed by atoms with E-state index in [1.807, 2.05) is 48.8 Å². The number of nitrogens with zero attached hydrogens (tertiary/aromatic N) is 3. The quantitative estimate of drug-likeness (QED) is 0.134. The molecule has 222 valence electrons. The molecule has 4 aromatic rings. The van der Waals surface area contributed by atoms with Crippen molar-refractivity contribution in [3.63, 3.8) is 0 Å². The van der Waals surface area contributed by atoms with Gasteiger partial charge in [-0.25, -0.2) is 0 Å². The molecule has 42 heavy (non-hydrogen) atoms. The molecule has 10 heteroatoms. The molecule has 0 bridgehead atoms. The number of fused-ring (bicyclic) bond motifs is 1. The number of hydrogen-bond donors (Lipinski definition) is 4. The third-order valence-electron chi connectivity index (χ3n) is 7.28. The maximum Gasteiger partial charge on any atom is 0.317 e. The zero-order valence-corrected chi connectivity index (χ0v) is 25.7. The number of thioether (sulfide) groups is 1. The van der Waals surface area contributed by atoms with E-state index in [9.17, 15) is 4.79 Å². The molecule has 3 heterocycles. The van der Waals surface area contributed by atoms with Crippen LogP contribution in [0, 0.1) is 6.92 Å². The summed E-state index contributed by atoms with van der Waals surface area (Å²) < 4.78 is 6.30. The van der Waals surface area contributed by atoms with Crippen LogP contribution >= 0.6 is 11.8 Å². The van der Waals surface area contributed by atoms with Gasteiger partial charge in [-0.05, 0) is 94.1 Å². The van der Waals surface area contributed by atoms with E-state index < -0.39 is 5.97 Å². The van der Waals surface area contributed by atoms with Gasteiger partial charge in [0.05, 0.1) is 29.4 Å². The fraction of sp³-hybridized carbons (Fsp3) is 0.406. The smallest absolute Gasteiger partial charge is 0.317 e. The van der Waals surface area contributed by atoms with Crippen molar-refractivity contribution >= 4 is 51.9 Å². The summed E-state index contributed by atoms with van der Waals surface area (Å²) in [5.41, 5.74) is 4.94.